The van der Waals surface area contributed by atoms with Crippen molar-refractivity contribution in [3.05, 3.63) is 0 Å². The molecule has 0 bridgehead atoms. The van der Waals surface area contributed by atoms with Crippen LogP contribution < -0.4 is 5.32 Å². The van der Waals surface area contributed by atoms with Gasteiger partial charge in [-0.15, -0.1) is 0 Å². The summed E-state index contributed by atoms with van der Waals surface area (Å²) in [5, 5.41) is 11.8. The van der Waals surface area contributed by atoms with Gasteiger partial charge in [0.1, 0.15) is 11.8 Å². The molecule has 0 aromatic heterocycles. The fraction of sp³-hybridized carbons (Fsp3) is 0.778. The van der Waals surface area contributed by atoms with E-state index >= 15 is 0 Å². The number of carboxylic acids is 1. The molecule has 1 saturated heterocycles. The van der Waals surface area contributed by atoms with E-state index < -0.39 is 12.0 Å². The van der Waals surface area contributed by atoms with Crippen LogP contribution in [0, 0.1) is 11.8 Å². The van der Waals surface area contributed by atoms with Crippen LogP contribution in [0.3, 0.4) is 0 Å². The number of Topliss-reactive ketones (excluding diaryl/α,β-unsaturated/α-hetero) is 1. The Labute approximate surface area is 76.3 Å². The quantitative estimate of drug-likeness (QED) is 0.601. The van der Waals surface area contributed by atoms with Crippen molar-refractivity contribution in [3.63, 3.8) is 0 Å². The van der Waals surface area contributed by atoms with E-state index in [4.69, 9.17) is 5.11 Å². The number of carbonyl (C=O) groups excluding carboxylic acids is 1. The van der Waals surface area contributed by atoms with Crippen molar-refractivity contribution < 1.29 is 14.7 Å². The third kappa shape index (κ3) is 1.46. The predicted molar refractivity (Wildman–Crippen MR) is 45.3 cm³/mol. The van der Waals surface area contributed by atoms with Gasteiger partial charge in [0, 0.05) is 12.8 Å². The molecule has 2 rings (SSSR count). The van der Waals surface area contributed by atoms with E-state index in [-0.39, 0.29) is 17.6 Å². The van der Waals surface area contributed by atoms with Crippen molar-refractivity contribution in [2.45, 2.75) is 25.3 Å². The lowest BCUT2D eigenvalue weighted by atomic mass is 9.78. The molecule has 0 aromatic rings. The summed E-state index contributed by atoms with van der Waals surface area (Å²) < 4.78 is 0. The first-order valence-electron chi connectivity index (χ1n) is 4.66. The molecule has 2 aliphatic rings. The van der Waals surface area contributed by atoms with Crippen molar-refractivity contribution in [2.75, 3.05) is 6.54 Å². The highest BCUT2D eigenvalue weighted by Crippen LogP contribution is 2.34. The Morgan fingerprint density at radius 3 is 3.00 bits per heavy atom. The molecule has 1 heterocycles. The summed E-state index contributed by atoms with van der Waals surface area (Å²) in [5.74, 6) is -0.0477. The van der Waals surface area contributed by atoms with E-state index in [1.807, 2.05) is 0 Å². The number of hydrogen-bond donors (Lipinski definition) is 2. The number of nitrogens with one attached hydrogen (secondary N) is 1. The van der Waals surface area contributed by atoms with E-state index in [1.165, 1.54) is 0 Å². The maximum absolute atomic E-state index is 11.1. The molecule has 72 valence electrons. The Kier molecular flexibility index (Phi) is 2.07. The van der Waals surface area contributed by atoms with Crippen molar-refractivity contribution in [1.82, 2.24) is 5.32 Å². The molecular formula is C9H13NO3. The zero-order valence-electron chi connectivity index (χ0n) is 7.32. The Balaban J connectivity index is 2.08. The summed E-state index contributed by atoms with van der Waals surface area (Å²) in [7, 11) is 0. The second-order valence-electron chi connectivity index (χ2n) is 3.93. The van der Waals surface area contributed by atoms with Gasteiger partial charge >= 0.3 is 5.97 Å². The first-order valence-corrected chi connectivity index (χ1v) is 4.66. The highest BCUT2D eigenvalue weighted by Gasteiger charge is 2.42. The van der Waals surface area contributed by atoms with Crippen molar-refractivity contribution in [2.24, 2.45) is 11.8 Å². The summed E-state index contributed by atoms with van der Waals surface area (Å²) >= 11 is 0. The van der Waals surface area contributed by atoms with Gasteiger partial charge in [-0.3, -0.25) is 9.59 Å². The molecule has 0 aromatic carbocycles. The topological polar surface area (TPSA) is 66.4 Å². The van der Waals surface area contributed by atoms with Crippen LogP contribution in [0.25, 0.3) is 0 Å². The predicted octanol–water partition coefficient (Wildman–Crippen LogP) is 0.0282. The number of rotatable bonds is 1. The summed E-state index contributed by atoms with van der Waals surface area (Å²) in [4.78, 5) is 21.9. The summed E-state index contributed by atoms with van der Waals surface area (Å²) in [6.07, 6.45) is 1.88. The molecule has 1 aliphatic carbocycles. The lowest BCUT2D eigenvalue weighted by Gasteiger charge is -2.25. The van der Waals surface area contributed by atoms with Gasteiger partial charge in [-0.2, -0.15) is 0 Å². The zero-order chi connectivity index (χ0) is 9.42. The van der Waals surface area contributed by atoms with Gasteiger partial charge in [-0.05, 0) is 24.8 Å². The molecule has 1 aliphatic heterocycles. The van der Waals surface area contributed by atoms with Gasteiger partial charge in [-0.1, -0.05) is 0 Å². The largest absolute Gasteiger partial charge is 0.480 e. The third-order valence-corrected chi connectivity index (χ3v) is 3.15. The zero-order valence-corrected chi connectivity index (χ0v) is 7.32. The van der Waals surface area contributed by atoms with Crippen LogP contribution in [0.15, 0.2) is 0 Å². The number of aliphatic carboxylic acids is 1. The van der Waals surface area contributed by atoms with Gasteiger partial charge in [0.05, 0.1) is 0 Å². The van der Waals surface area contributed by atoms with E-state index in [1.54, 1.807) is 0 Å². The molecule has 0 unspecified atom stereocenters. The Morgan fingerprint density at radius 2 is 2.31 bits per heavy atom. The summed E-state index contributed by atoms with van der Waals surface area (Å²) in [6, 6.07) is -0.418. The molecule has 3 atom stereocenters. The minimum atomic E-state index is -0.776. The van der Waals surface area contributed by atoms with Crippen LogP contribution in [0.2, 0.25) is 0 Å². The lowest BCUT2D eigenvalue weighted by molar-refractivity contribution is -0.141. The van der Waals surface area contributed by atoms with E-state index in [2.05, 4.69) is 5.32 Å². The number of carbonyl (C=O) groups is 2. The Morgan fingerprint density at radius 1 is 1.54 bits per heavy atom. The molecule has 0 radical (unpaired) electrons. The van der Waals surface area contributed by atoms with E-state index in [0.29, 0.717) is 19.4 Å². The molecule has 2 N–H and O–H groups in total. The smallest absolute Gasteiger partial charge is 0.320 e. The van der Waals surface area contributed by atoms with Gasteiger partial charge in [-0.25, -0.2) is 0 Å². The van der Waals surface area contributed by atoms with Crippen molar-refractivity contribution in [1.29, 1.82) is 0 Å². The summed E-state index contributed by atoms with van der Waals surface area (Å²) in [5.41, 5.74) is 0. The molecule has 4 heteroatoms. The second-order valence-corrected chi connectivity index (χ2v) is 3.93. The van der Waals surface area contributed by atoms with Crippen LogP contribution in [-0.2, 0) is 9.59 Å². The van der Waals surface area contributed by atoms with Gasteiger partial charge < -0.3 is 10.4 Å². The van der Waals surface area contributed by atoms with Crippen molar-refractivity contribution in [3.8, 4) is 0 Å². The Bertz CT molecular complexity index is 251. The number of hydrogen-bond acceptors (Lipinski definition) is 3. The number of fused-ring (bicyclic) bond motifs is 1. The molecule has 0 spiro atoms. The average Bonchev–Trinajstić information content (AvgIpc) is 2.46. The fourth-order valence-corrected chi connectivity index (χ4v) is 2.47. The lowest BCUT2D eigenvalue weighted by Crippen LogP contribution is -2.37. The maximum atomic E-state index is 11.1. The normalized spacial score (nSPS) is 38.8. The van der Waals surface area contributed by atoms with Crippen LogP contribution in [0.4, 0.5) is 0 Å². The maximum Gasteiger partial charge on any atom is 0.320 e. The highest BCUT2D eigenvalue weighted by atomic mass is 16.4. The molecule has 0 amide bonds. The van der Waals surface area contributed by atoms with E-state index in [0.717, 1.165) is 6.42 Å². The minimum absolute atomic E-state index is 0.176. The number of carboxylic acid groups (broad SMARTS) is 1. The van der Waals surface area contributed by atoms with Gasteiger partial charge in [0.25, 0.3) is 0 Å². The van der Waals surface area contributed by atoms with Crippen LogP contribution in [-0.4, -0.2) is 29.4 Å². The van der Waals surface area contributed by atoms with Crippen LogP contribution in [0.5, 0.6) is 0 Å². The van der Waals surface area contributed by atoms with Crippen molar-refractivity contribution >= 4 is 11.8 Å². The third-order valence-electron chi connectivity index (χ3n) is 3.15. The fourth-order valence-electron chi connectivity index (χ4n) is 2.47. The molecule has 1 saturated carbocycles. The van der Waals surface area contributed by atoms with Crippen LogP contribution in [0.1, 0.15) is 19.3 Å². The Hall–Kier alpha value is -0.900. The summed E-state index contributed by atoms with van der Waals surface area (Å²) in [6.45, 7) is 0.688. The van der Waals surface area contributed by atoms with E-state index in [9.17, 15) is 9.59 Å². The number of ketones is 1. The van der Waals surface area contributed by atoms with Crippen LogP contribution >= 0.6 is 0 Å². The monoisotopic (exact) mass is 183 g/mol. The SMILES string of the molecule is O=C1CC[C@@H]2[C@H](CN[C@@H]2C(=O)O)C1. The average molecular weight is 183 g/mol. The first-order chi connectivity index (χ1) is 6.18. The minimum Gasteiger partial charge on any atom is -0.480 e. The molecule has 4 nitrogen and oxygen atoms in total. The molecule has 13 heavy (non-hydrogen) atoms. The van der Waals surface area contributed by atoms with Gasteiger partial charge in [0.15, 0.2) is 0 Å². The second kappa shape index (κ2) is 3.10. The molecule has 2 fully saturated rings. The first kappa shape index (κ1) is 8.69. The molecular weight excluding hydrogens is 170 g/mol. The standard InChI is InChI=1S/C9H13NO3/c11-6-1-2-7-5(3-6)4-10-8(7)9(12)13/h5,7-8,10H,1-4H2,(H,12,13)/t5-,7+,8-/m0/s1. The highest BCUT2D eigenvalue weighted by molar-refractivity contribution is 5.81. The van der Waals surface area contributed by atoms with Gasteiger partial charge in [0.2, 0.25) is 0 Å².